The summed E-state index contributed by atoms with van der Waals surface area (Å²) in [5, 5.41) is 10.5. The fourth-order valence-electron chi connectivity index (χ4n) is 1.29. The van der Waals surface area contributed by atoms with Gasteiger partial charge in [0.15, 0.2) is 0 Å². The maximum Gasteiger partial charge on any atom is 0.269 e. The van der Waals surface area contributed by atoms with Crippen LogP contribution in [0.15, 0.2) is 18.2 Å². The van der Waals surface area contributed by atoms with Gasteiger partial charge in [-0.2, -0.15) is 0 Å². The Balaban J connectivity index is 3.09. The molecule has 1 atom stereocenters. The predicted molar refractivity (Wildman–Crippen MR) is 52.2 cm³/mol. The minimum absolute atomic E-state index is 0.151. The summed E-state index contributed by atoms with van der Waals surface area (Å²) in [4.78, 5) is 20.1. The van der Waals surface area contributed by atoms with Crippen molar-refractivity contribution in [3.8, 4) is 0 Å². The number of carbonyl (C=O) groups excluding carboxylic acids is 1. The molecule has 0 aromatic heterocycles. The van der Waals surface area contributed by atoms with Crippen molar-refractivity contribution in [3.63, 3.8) is 0 Å². The van der Waals surface area contributed by atoms with Crippen molar-refractivity contribution in [2.45, 2.75) is 19.3 Å². The Labute approximate surface area is 85.9 Å². The molecule has 0 radical (unpaired) electrons. The molecule has 1 rings (SSSR count). The lowest BCUT2D eigenvalue weighted by Crippen LogP contribution is -2.00. The van der Waals surface area contributed by atoms with Crippen molar-refractivity contribution in [1.29, 1.82) is 0 Å². The molecule has 1 unspecified atom stereocenters. The Morgan fingerprint density at radius 3 is 2.80 bits per heavy atom. The number of nitro benzene ring substituents is 1. The summed E-state index contributed by atoms with van der Waals surface area (Å²) in [6, 6.07) is 3.32. The minimum atomic E-state index is -0.587. The summed E-state index contributed by atoms with van der Waals surface area (Å²) in [6.45, 7) is 1.65. The Morgan fingerprint density at radius 1 is 1.60 bits per heavy atom. The van der Waals surface area contributed by atoms with Crippen molar-refractivity contribution in [3.05, 3.63) is 39.7 Å². The van der Waals surface area contributed by atoms with Gasteiger partial charge < -0.3 is 4.79 Å². The zero-order valence-corrected chi connectivity index (χ0v) is 8.14. The molecule has 80 valence electrons. The molecule has 0 N–H and O–H groups in total. The van der Waals surface area contributed by atoms with Gasteiger partial charge in [0.2, 0.25) is 0 Å². The second-order valence-corrected chi connectivity index (χ2v) is 3.27. The van der Waals surface area contributed by atoms with Crippen LogP contribution in [0.25, 0.3) is 0 Å². The molecule has 0 saturated heterocycles. The predicted octanol–water partition coefficient (Wildman–Crippen LogP) is 2.43. The van der Waals surface area contributed by atoms with Crippen LogP contribution in [0.5, 0.6) is 0 Å². The molecule has 0 aliphatic rings. The number of carbonyl (C=O) groups is 1. The SMILES string of the molecule is CC(CC=O)c1cc([N+](=O)[O-])ccc1F. The first-order chi connectivity index (χ1) is 7.06. The second kappa shape index (κ2) is 4.63. The highest BCUT2D eigenvalue weighted by atomic mass is 19.1. The van der Waals surface area contributed by atoms with Gasteiger partial charge in [0.1, 0.15) is 12.1 Å². The molecule has 0 heterocycles. The van der Waals surface area contributed by atoms with E-state index in [2.05, 4.69) is 0 Å². The van der Waals surface area contributed by atoms with Crippen molar-refractivity contribution >= 4 is 12.0 Å². The average Bonchev–Trinajstić information content (AvgIpc) is 2.18. The van der Waals surface area contributed by atoms with E-state index in [0.29, 0.717) is 6.29 Å². The van der Waals surface area contributed by atoms with E-state index >= 15 is 0 Å². The van der Waals surface area contributed by atoms with Gasteiger partial charge in [-0.15, -0.1) is 0 Å². The molecule has 0 bridgehead atoms. The molecule has 4 nitrogen and oxygen atoms in total. The van der Waals surface area contributed by atoms with Gasteiger partial charge in [-0.1, -0.05) is 6.92 Å². The molecule has 0 spiro atoms. The summed E-state index contributed by atoms with van der Waals surface area (Å²) in [6.07, 6.45) is 0.820. The highest BCUT2D eigenvalue weighted by molar-refractivity contribution is 5.52. The van der Waals surface area contributed by atoms with E-state index in [0.717, 1.165) is 12.1 Å². The van der Waals surface area contributed by atoms with E-state index in [9.17, 15) is 19.3 Å². The monoisotopic (exact) mass is 211 g/mol. The van der Waals surface area contributed by atoms with Crippen LogP contribution in [0.4, 0.5) is 10.1 Å². The van der Waals surface area contributed by atoms with Gasteiger partial charge in [0.05, 0.1) is 4.92 Å². The number of nitro groups is 1. The number of hydrogen-bond acceptors (Lipinski definition) is 3. The number of nitrogens with zero attached hydrogens (tertiary/aromatic N) is 1. The van der Waals surface area contributed by atoms with Crippen LogP contribution in [0, 0.1) is 15.9 Å². The quantitative estimate of drug-likeness (QED) is 0.436. The summed E-state index contributed by atoms with van der Waals surface area (Å²) >= 11 is 0. The van der Waals surface area contributed by atoms with Crippen LogP contribution in [-0.4, -0.2) is 11.2 Å². The van der Waals surface area contributed by atoms with E-state index < -0.39 is 10.7 Å². The third-order valence-electron chi connectivity index (χ3n) is 2.17. The zero-order chi connectivity index (χ0) is 11.4. The first kappa shape index (κ1) is 11.3. The summed E-state index contributed by atoms with van der Waals surface area (Å²) < 4.78 is 13.3. The van der Waals surface area contributed by atoms with Crippen molar-refractivity contribution in [1.82, 2.24) is 0 Å². The number of non-ortho nitro benzene ring substituents is 1. The minimum Gasteiger partial charge on any atom is -0.303 e. The second-order valence-electron chi connectivity index (χ2n) is 3.27. The largest absolute Gasteiger partial charge is 0.303 e. The van der Waals surface area contributed by atoms with Gasteiger partial charge in [-0.3, -0.25) is 10.1 Å². The molecule has 1 aromatic rings. The Morgan fingerprint density at radius 2 is 2.27 bits per heavy atom. The maximum absolute atomic E-state index is 13.3. The summed E-state index contributed by atoms with van der Waals surface area (Å²) in [7, 11) is 0. The maximum atomic E-state index is 13.3. The lowest BCUT2D eigenvalue weighted by molar-refractivity contribution is -0.385. The number of hydrogen-bond donors (Lipinski definition) is 0. The first-order valence-corrected chi connectivity index (χ1v) is 4.43. The topological polar surface area (TPSA) is 60.2 Å². The van der Waals surface area contributed by atoms with E-state index in [4.69, 9.17) is 0 Å². The van der Waals surface area contributed by atoms with Gasteiger partial charge in [0, 0.05) is 18.6 Å². The molecule has 0 fully saturated rings. The Bertz CT molecular complexity index is 392. The molecule has 5 heteroatoms. The smallest absolute Gasteiger partial charge is 0.269 e. The normalized spacial score (nSPS) is 12.1. The highest BCUT2D eigenvalue weighted by Gasteiger charge is 2.15. The third-order valence-corrected chi connectivity index (χ3v) is 2.17. The van der Waals surface area contributed by atoms with Crippen LogP contribution in [-0.2, 0) is 4.79 Å². The number of benzene rings is 1. The fourth-order valence-corrected chi connectivity index (χ4v) is 1.29. The summed E-state index contributed by atoms with van der Waals surface area (Å²) in [5.41, 5.74) is 0.0421. The lowest BCUT2D eigenvalue weighted by Gasteiger charge is -2.08. The van der Waals surface area contributed by atoms with Crippen LogP contribution in [0.1, 0.15) is 24.8 Å². The molecule has 0 amide bonds. The van der Waals surface area contributed by atoms with Gasteiger partial charge >= 0.3 is 0 Å². The standard InChI is InChI=1S/C10H10FNO3/c1-7(4-5-13)9-6-8(12(14)15)2-3-10(9)11/h2-3,5-7H,4H2,1H3. The van der Waals surface area contributed by atoms with E-state index in [1.54, 1.807) is 6.92 Å². The highest BCUT2D eigenvalue weighted by Crippen LogP contribution is 2.25. The van der Waals surface area contributed by atoms with E-state index in [1.165, 1.54) is 6.07 Å². The summed E-state index contributed by atoms with van der Waals surface area (Å²) in [5.74, 6) is -0.864. The number of rotatable bonds is 4. The lowest BCUT2D eigenvalue weighted by atomic mass is 9.97. The van der Waals surface area contributed by atoms with Crippen LogP contribution in [0.2, 0.25) is 0 Å². The van der Waals surface area contributed by atoms with Crippen LogP contribution in [0.3, 0.4) is 0 Å². The number of halogens is 1. The Hall–Kier alpha value is -1.78. The molecule has 15 heavy (non-hydrogen) atoms. The molecule has 0 aliphatic heterocycles. The van der Waals surface area contributed by atoms with E-state index in [-0.39, 0.29) is 23.6 Å². The van der Waals surface area contributed by atoms with Crippen LogP contribution < -0.4 is 0 Å². The molecular formula is C10H10FNO3. The van der Waals surface area contributed by atoms with Crippen molar-refractivity contribution < 1.29 is 14.1 Å². The zero-order valence-electron chi connectivity index (χ0n) is 8.14. The molecule has 1 aromatic carbocycles. The molecule has 0 saturated carbocycles. The molecule has 0 aliphatic carbocycles. The molecular weight excluding hydrogens is 201 g/mol. The first-order valence-electron chi connectivity index (χ1n) is 4.43. The number of aldehydes is 1. The van der Waals surface area contributed by atoms with Gasteiger partial charge in [-0.25, -0.2) is 4.39 Å². The third kappa shape index (κ3) is 2.59. The van der Waals surface area contributed by atoms with Gasteiger partial charge in [-0.05, 0) is 17.5 Å². The fraction of sp³-hybridized carbons (Fsp3) is 0.300. The average molecular weight is 211 g/mol. The Kier molecular flexibility index (Phi) is 3.49. The van der Waals surface area contributed by atoms with Crippen molar-refractivity contribution in [2.75, 3.05) is 0 Å². The van der Waals surface area contributed by atoms with E-state index in [1.807, 2.05) is 0 Å². The van der Waals surface area contributed by atoms with Crippen molar-refractivity contribution in [2.24, 2.45) is 0 Å². The van der Waals surface area contributed by atoms with Crippen LogP contribution >= 0.6 is 0 Å². The van der Waals surface area contributed by atoms with Gasteiger partial charge in [0.25, 0.3) is 5.69 Å².